The predicted molar refractivity (Wildman–Crippen MR) is 114 cm³/mol. The van der Waals surface area contributed by atoms with E-state index in [1.54, 1.807) is 23.6 Å². The molecule has 0 bridgehead atoms. The third kappa shape index (κ3) is 4.60. The number of rotatable bonds is 6. The summed E-state index contributed by atoms with van der Waals surface area (Å²) in [5, 5.41) is 13.1. The van der Waals surface area contributed by atoms with Gasteiger partial charge in [-0.2, -0.15) is 13.2 Å². The minimum Gasteiger partial charge on any atom is -0.480 e. The zero-order valence-corrected chi connectivity index (χ0v) is 18.0. The summed E-state index contributed by atoms with van der Waals surface area (Å²) in [6, 6.07) is 10.0. The van der Waals surface area contributed by atoms with Crippen LogP contribution < -0.4 is 11.1 Å². The molecule has 30 heavy (non-hydrogen) atoms. The summed E-state index contributed by atoms with van der Waals surface area (Å²) in [6.07, 6.45) is -4.15. The minimum atomic E-state index is -4.57. The van der Waals surface area contributed by atoms with Crippen molar-refractivity contribution in [3.05, 3.63) is 69.5 Å². The van der Waals surface area contributed by atoms with Gasteiger partial charge in [0.25, 0.3) is 0 Å². The van der Waals surface area contributed by atoms with E-state index in [-0.39, 0.29) is 5.56 Å². The number of nitrogen functional groups attached to an aromatic ring is 1. The molecule has 3 rings (SSSR count). The van der Waals surface area contributed by atoms with Gasteiger partial charge >= 0.3 is 12.1 Å². The van der Waals surface area contributed by atoms with Gasteiger partial charge in [-0.25, -0.2) is 0 Å². The monoisotopic (exact) mass is 502 g/mol. The topological polar surface area (TPSA) is 84.6 Å². The van der Waals surface area contributed by atoms with Gasteiger partial charge in [-0.1, -0.05) is 34.1 Å². The van der Waals surface area contributed by atoms with E-state index in [9.17, 15) is 23.1 Å². The molecule has 0 spiro atoms. The molecular weight excluding hydrogens is 485 g/mol. The maximum atomic E-state index is 13.5. The lowest BCUT2D eigenvalue weighted by molar-refractivity contribution is -0.145. The van der Waals surface area contributed by atoms with Gasteiger partial charge in [0.2, 0.25) is 0 Å². The van der Waals surface area contributed by atoms with Crippen molar-refractivity contribution in [1.82, 2.24) is 0 Å². The van der Waals surface area contributed by atoms with Crippen molar-refractivity contribution < 1.29 is 27.8 Å². The van der Waals surface area contributed by atoms with Gasteiger partial charge in [0.1, 0.15) is 0 Å². The van der Waals surface area contributed by atoms with Crippen LogP contribution in [0.5, 0.6) is 0 Å². The number of anilines is 2. The van der Waals surface area contributed by atoms with Gasteiger partial charge in [-0.15, -0.1) is 11.8 Å². The molecule has 0 radical (unpaired) electrons. The number of nitrogens with one attached hydrogen (secondary N) is 1. The van der Waals surface area contributed by atoms with Crippen LogP contribution in [0.2, 0.25) is 0 Å². The van der Waals surface area contributed by atoms with Crippen LogP contribution in [0.1, 0.15) is 24.2 Å². The van der Waals surface area contributed by atoms with Crippen molar-refractivity contribution in [2.75, 3.05) is 11.1 Å². The molecule has 0 fully saturated rings. The Kier molecular flexibility index (Phi) is 6.40. The third-order valence-corrected chi connectivity index (χ3v) is 6.17. The average molecular weight is 503 g/mol. The molecule has 5 nitrogen and oxygen atoms in total. The Morgan fingerprint density at radius 1 is 1.33 bits per heavy atom. The number of halogens is 4. The van der Waals surface area contributed by atoms with Crippen molar-refractivity contribution in [1.29, 1.82) is 0 Å². The van der Waals surface area contributed by atoms with Crippen LogP contribution in [0.25, 0.3) is 0 Å². The van der Waals surface area contributed by atoms with E-state index in [4.69, 9.17) is 10.5 Å². The highest BCUT2D eigenvalue weighted by atomic mass is 79.9. The lowest BCUT2D eigenvalue weighted by Gasteiger charge is -2.37. The number of carbonyl (C=O) groups is 1. The molecule has 0 amide bonds. The predicted octanol–water partition coefficient (Wildman–Crippen LogP) is 5.65. The average Bonchev–Trinajstić information content (AvgIpc) is 3.07. The van der Waals surface area contributed by atoms with Gasteiger partial charge in [-0.3, -0.25) is 4.79 Å². The first-order valence-electron chi connectivity index (χ1n) is 8.76. The summed E-state index contributed by atoms with van der Waals surface area (Å²) in [5.41, 5.74) is 4.20. The van der Waals surface area contributed by atoms with Crippen LogP contribution in [0.3, 0.4) is 0 Å². The zero-order chi connectivity index (χ0) is 22.1. The first-order chi connectivity index (χ1) is 14.0. The van der Waals surface area contributed by atoms with E-state index in [0.717, 1.165) is 22.3 Å². The number of carboxylic acid groups (broad SMARTS) is 1. The molecule has 2 unspecified atom stereocenters. The molecule has 0 saturated heterocycles. The Morgan fingerprint density at radius 2 is 2.03 bits per heavy atom. The minimum absolute atomic E-state index is 0.0932. The second-order valence-corrected chi connectivity index (χ2v) is 8.58. The van der Waals surface area contributed by atoms with Gasteiger partial charge in [0, 0.05) is 4.47 Å². The standard InChI is InChI=1S/C20H18BrF3N2O3S/c1-11(13-4-2-3-5-14(13)20(22,23)24)29-19(8-9-30-17(19)18(27)28)26-16-7-6-12(21)10-15(16)25/h2-11,17,26H,25H2,1H3,(H,27,28)/t11-,17?,19?/m1/s1. The lowest BCUT2D eigenvalue weighted by atomic mass is 10.0. The second-order valence-electron chi connectivity index (χ2n) is 6.65. The summed E-state index contributed by atoms with van der Waals surface area (Å²) in [7, 11) is 0. The number of thioether (sulfide) groups is 1. The highest BCUT2D eigenvalue weighted by molar-refractivity contribution is 9.10. The van der Waals surface area contributed by atoms with Gasteiger partial charge in [0.05, 0.1) is 23.0 Å². The molecule has 1 heterocycles. The zero-order valence-electron chi connectivity index (χ0n) is 15.6. The molecule has 0 aromatic heterocycles. The smallest absolute Gasteiger partial charge is 0.416 e. The molecule has 0 saturated carbocycles. The van der Waals surface area contributed by atoms with Crippen molar-refractivity contribution in [2.24, 2.45) is 0 Å². The maximum Gasteiger partial charge on any atom is 0.416 e. The Morgan fingerprint density at radius 3 is 2.67 bits per heavy atom. The fourth-order valence-corrected chi connectivity index (χ4v) is 4.54. The molecule has 2 aromatic rings. The quantitative estimate of drug-likeness (QED) is 0.349. The number of ether oxygens (including phenoxy) is 1. The normalized spacial score (nSPS) is 22.1. The largest absolute Gasteiger partial charge is 0.480 e. The number of hydrogen-bond acceptors (Lipinski definition) is 5. The Hall–Kier alpha value is -2.17. The Balaban J connectivity index is 2.01. The van der Waals surface area contributed by atoms with Crippen molar-refractivity contribution in [3.63, 3.8) is 0 Å². The summed E-state index contributed by atoms with van der Waals surface area (Å²) >= 11 is 4.29. The van der Waals surface area contributed by atoms with E-state index in [2.05, 4.69) is 21.2 Å². The first-order valence-corrected chi connectivity index (χ1v) is 10.5. The molecule has 4 N–H and O–H groups in total. The van der Waals surface area contributed by atoms with Crippen LogP contribution in [-0.4, -0.2) is 22.1 Å². The fourth-order valence-electron chi connectivity index (χ4n) is 3.21. The summed E-state index contributed by atoms with van der Waals surface area (Å²) in [4.78, 5) is 11.9. The molecule has 2 aromatic carbocycles. The van der Waals surface area contributed by atoms with Crippen LogP contribution in [0, 0.1) is 0 Å². The lowest BCUT2D eigenvalue weighted by Crippen LogP contribution is -2.50. The van der Waals surface area contributed by atoms with Gasteiger partial charge in [0.15, 0.2) is 11.0 Å². The van der Waals surface area contributed by atoms with E-state index >= 15 is 0 Å². The fraction of sp³-hybridized carbons (Fsp3) is 0.250. The van der Waals surface area contributed by atoms with Crippen molar-refractivity contribution in [3.8, 4) is 0 Å². The third-order valence-electron chi connectivity index (χ3n) is 4.56. The maximum absolute atomic E-state index is 13.5. The molecule has 1 aliphatic heterocycles. The highest BCUT2D eigenvalue weighted by Crippen LogP contribution is 2.43. The highest BCUT2D eigenvalue weighted by Gasteiger charge is 2.48. The molecular formula is C20H18BrF3N2O3S. The summed E-state index contributed by atoms with van der Waals surface area (Å²) in [5.74, 6) is -1.18. The number of benzene rings is 2. The number of aliphatic carboxylic acids is 1. The SMILES string of the molecule is C[C@@H](OC1(Nc2ccc(Br)cc2N)C=CSC1C(=O)O)c1ccccc1C(F)(F)F. The summed E-state index contributed by atoms with van der Waals surface area (Å²) < 4.78 is 47.1. The molecule has 1 aliphatic rings. The molecule has 3 atom stereocenters. The number of nitrogens with two attached hydrogens (primary N) is 1. The van der Waals surface area contributed by atoms with E-state index in [0.29, 0.717) is 11.4 Å². The Bertz CT molecular complexity index is 986. The van der Waals surface area contributed by atoms with Crippen LogP contribution in [0.15, 0.2) is 58.4 Å². The number of alkyl halides is 3. The van der Waals surface area contributed by atoms with E-state index < -0.39 is 34.8 Å². The second kappa shape index (κ2) is 8.52. The van der Waals surface area contributed by atoms with Crippen LogP contribution in [-0.2, 0) is 15.7 Å². The van der Waals surface area contributed by atoms with Gasteiger partial charge in [-0.05, 0) is 48.2 Å². The molecule has 10 heteroatoms. The number of carboxylic acids is 1. The van der Waals surface area contributed by atoms with Crippen molar-refractivity contribution in [2.45, 2.75) is 30.2 Å². The number of hydrogen-bond donors (Lipinski definition) is 3. The van der Waals surface area contributed by atoms with Crippen LogP contribution >= 0.6 is 27.7 Å². The van der Waals surface area contributed by atoms with Gasteiger partial charge < -0.3 is 20.9 Å². The van der Waals surface area contributed by atoms with Crippen molar-refractivity contribution >= 4 is 45.0 Å². The Labute approximate surface area is 183 Å². The molecule has 160 valence electrons. The summed E-state index contributed by atoms with van der Waals surface area (Å²) in [6.45, 7) is 1.45. The first kappa shape index (κ1) is 22.5. The van der Waals surface area contributed by atoms with Crippen LogP contribution in [0.4, 0.5) is 24.5 Å². The van der Waals surface area contributed by atoms with E-state index in [1.165, 1.54) is 31.2 Å². The molecule has 0 aliphatic carbocycles. The van der Waals surface area contributed by atoms with E-state index in [1.807, 2.05) is 0 Å².